The summed E-state index contributed by atoms with van der Waals surface area (Å²) in [7, 11) is -1.65. The molecule has 7 heteroatoms. The number of aromatic nitrogens is 1. The zero-order chi connectivity index (χ0) is 22.0. The minimum absolute atomic E-state index is 0.713. The Hall–Kier alpha value is -2.64. The predicted octanol–water partition coefficient (Wildman–Crippen LogP) is 3.30. The molecule has 1 aliphatic heterocycles. The van der Waals surface area contributed by atoms with Gasteiger partial charge in [0.15, 0.2) is 0 Å². The Morgan fingerprint density at radius 2 is 1.74 bits per heavy atom. The van der Waals surface area contributed by atoms with Gasteiger partial charge in [0, 0.05) is 56.5 Å². The number of anilines is 2. The van der Waals surface area contributed by atoms with Gasteiger partial charge in [-0.25, -0.2) is 8.42 Å². The molecule has 0 unspecified atom stereocenters. The highest BCUT2D eigenvalue weighted by atomic mass is 32.2. The van der Waals surface area contributed by atoms with Gasteiger partial charge in [-0.3, -0.25) is 14.2 Å². The van der Waals surface area contributed by atoms with E-state index in [0.29, 0.717) is 5.69 Å². The summed E-state index contributed by atoms with van der Waals surface area (Å²) in [5, 5.41) is 1.22. The average Bonchev–Trinajstić information content (AvgIpc) is 2.76. The van der Waals surface area contributed by atoms with Crippen molar-refractivity contribution in [2.24, 2.45) is 0 Å². The fourth-order valence-corrected chi connectivity index (χ4v) is 4.61. The lowest BCUT2D eigenvalue weighted by Gasteiger charge is -2.36. The maximum Gasteiger partial charge on any atom is 0.231 e. The molecule has 3 aromatic rings. The van der Waals surface area contributed by atoms with Crippen molar-refractivity contribution >= 4 is 32.3 Å². The molecule has 0 spiro atoms. The topological polar surface area (TPSA) is 56.8 Å². The second kappa shape index (κ2) is 8.85. The van der Waals surface area contributed by atoms with Crippen molar-refractivity contribution in [3.63, 3.8) is 0 Å². The van der Waals surface area contributed by atoms with Gasteiger partial charge < -0.3 is 4.90 Å². The van der Waals surface area contributed by atoms with E-state index in [-0.39, 0.29) is 0 Å². The molecule has 0 amide bonds. The van der Waals surface area contributed by atoms with E-state index in [9.17, 15) is 8.42 Å². The Labute approximate surface area is 185 Å². The summed E-state index contributed by atoms with van der Waals surface area (Å²) in [6.45, 7) is 7.00. The van der Waals surface area contributed by atoms with Crippen LogP contribution in [0, 0.1) is 6.92 Å². The Morgan fingerprint density at radius 1 is 1.00 bits per heavy atom. The van der Waals surface area contributed by atoms with Crippen molar-refractivity contribution < 1.29 is 8.42 Å². The van der Waals surface area contributed by atoms with Gasteiger partial charge >= 0.3 is 0 Å². The first-order valence-corrected chi connectivity index (χ1v) is 12.5. The minimum Gasteiger partial charge on any atom is -0.368 e. The molecule has 1 aliphatic rings. The van der Waals surface area contributed by atoms with E-state index in [0.717, 1.165) is 55.9 Å². The molecule has 4 rings (SSSR count). The van der Waals surface area contributed by atoms with Gasteiger partial charge in [-0.1, -0.05) is 18.2 Å². The van der Waals surface area contributed by atoms with Crippen LogP contribution in [0.15, 0.2) is 54.6 Å². The van der Waals surface area contributed by atoms with Crippen LogP contribution in [-0.2, 0) is 16.4 Å². The third-order valence-corrected chi connectivity index (χ3v) is 7.26. The largest absolute Gasteiger partial charge is 0.368 e. The number of hydrogen-bond donors (Lipinski definition) is 0. The van der Waals surface area contributed by atoms with E-state index in [4.69, 9.17) is 0 Å². The number of fused-ring (bicyclic) bond motifs is 1. The normalized spacial score (nSPS) is 15.4. The Morgan fingerprint density at radius 3 is 2.48 bits per heavy atom. The Bertz CT molecular complexity index is 1170. The van der Waals surface area contributed by atoms with Crippen LogP contribution < -0.4 is 9.21 Å². The summed E-state index contributed by atoms with van der Waals surface area (Å²) < 4.78 is 24.9. The van der Waals surface area contributed by atoms with Gasteiger partial charge in [0.25, 0.3) is 0 Å². The van der Waals surface area contributed by atoms with Crippen molar-refractivity contribution in [3.05, 3.63) is 65.9 Å². The van der Waals surface area contributed by atoms with Crippen molar-refractivity contribution in [2.75, 3.05) is 55.2 Å². The van der Waals surface area contributed by atoms with Gasteiger partial charge in [0.2, 0.25) is 10.0 Å². The molecule has 2 heterocycles. The van der Waals surface area contributed by atoms with Crippen molar-refractivity contribution in [2.45, 2.75) is 13.3 Å². The lowest BCUT2D eigenvalue weighted by Crippen LogP contribution is -2.47. The number of nitrogens with zero attached hydrogens (tertiary/aromatic N) is 4. The molecule has 0 N–H and O–H groups in total. The number of rotatable bonds is 6. The zero-order valence-corrected chi connectivity index (χ0v) is 19.3. The van der Waals surface area contributed by atoms with E-state index in [1.165, 1.54) is 21.6 Å². The van der Waals surface area contributed by atoms with Gasteiger partial charge in [0.05, 0.1) is 17.5 Å². The highest BCUT2D eigenvalue weighted by Crippen LogP contribution is 2.27. The van der Waals surface area contributed by atoms with Crippen LogP contribution in [-0.4, -0.2) is 64.3 Å². The number of pyridine rings is 1. The van der Waals surface area contributed by atoms with Crippen molar-refractivity contribution in [3.8, 4) is 0 Å². The van der Waals surface area contributed by atoms with Crippen LogP contribution in [0.4, 0.5) is 11.4 Å². The van der Waals surface area contributed by atoms with Crippen LogP contribution in [0.5, 0.6) is 0 Å². The van der Waals surface area contributed by atoms with Crippen LogP contribution in [0.1, 0.15) is 11.3 Å². The maximum absolute atomic E-state index is 11.8. The third-order valence-electron chi connectivity index (χ3n) is 6.05. The summed E-state index contributed by atoms with van der Waals surface area (Å²) in [6.07, 6.45) is 2.13. The standard InChI is InChI=1S/C24H30N4O2S/c1-19-10-11-22-23(25-19)8-5-9-24(22)28-16-14-27(15-17-28)13-12-20-6-4-7-21(18-20)26(2)31(3,29)30/h4-11,18H,12-17H2,1-3H3. The minimum atomic E-state index is -3.25. The van der Waals surface area contributed by atoms with Crippen molar-refractivity contribution in [1.82, 2.24) is 9.88 Å². The number of benzene rings is 2. The number of hydrogen-bond acceptors (Lipinski definition) is 5. The van der Waals surface area contributed by atoms with Gasteiger partial charge in [0.1, 0.15) is 0 Å². The molecule has 1 saturated heterocycles. The molecule has 31 heavy (non-hydrogen) atoms. The monoisotopic (exact) mass is 438 g/mol. The Kier molecular flexibility index (Phi) is 6.16. The van der Waals surface area contributed by atoms with Gasteiger partial charge in [-0.2, -0.15) is 0 Å². The van der Waals surface area contributed by atoms with E-state index in [1.807, 2.05) is 25.1 Å². The molecule has 0 aliphatic carbocycles. The summed E-state index contributed by atoms with van der Waals surface area (Å²) in [5.74, 6) is 0. The zero-order valence-electron chi connectivity index (χ0n) is 18.5. The second-order valence-electron chi connectivity index (χ2n) is 8.28. The van der Waals surface area contributed by atoms with E-state index in [1.54, 1.807) is 7.05 Å². The molecule has 0 bridgehead atoms. The lowest BCUT2D eigenvalue weighted by atomic mass is 10.1. The molecular formula is C24H30N4O2S. The molecule has 0 saturated carbocycles. The maximum atomic E-state index is 11.8. The molecule has 0 radical (unpaired) electrons. The third kappa shape index (κ3) is 4.99. The molecule has 2 aromatic carbocycles. The molecule has 1 aromatic heterocycles. The number of aryl methyl sites for hydroxylation is 1. The highest BCUT2D eigenvalue weighted by molar-refractivity contribution is 7.92. The van der Waals surface area contributed by atoms with Crippen LogP contribution in [0.3, 0.4) is 0 Å². The second-order valence-corrected chi connectivity index (χ2v) is 10.3. The summed E-state index contributed by atoms with van der Waals surface area (Å²) in [6, 6.07) is 18.4. The molecule has 0 atom stereocenters. The highest BCUT2D eigenvalue weighted by Gasteiger charge is 2.19. The Balaban J connectivity index is 1.36. The lowest BCUT2D eigenvalue weighted by molar-refractivity contribution is 0.261. The van der Waals surface area contributed by atoms with Gasteiger partial charge in [-0.05, 0) is 55.3 Å². The summed E-state index contributed by atoms with van der Waals surface area (Å²) in [4.78, 5) is 9.60. The fraction of sp³-hybridized carbons (Fsp3) is 0.375. The van der Waals surface area contributed by atoms with Crippen LogP contribution >= 0.6 is 0 Å². The van der Waals surface area contributed by atoms with Gasteiger partial charge in [-0.15, -0.1) is 0 Å². The van der Waals surface area contributed by atoms with E-state index >= 15 is 0 Å². The first-order valence-electron chi connectivity index (χ1n) is 10.7. The smallest absolute Gasteiger partial charge is 0.231 e. The molecule has 1 fully saturated rings. The summed E-state index contributed by atoms with van der Waals surface area (Å²) in [5.41, 5.74) is 5.23. The summed E-state index contributed by atoms with van der Waals surface area (Å²) >= 11 is 0. The quantitative estimate of drug-likeness (QED) is 0.591. The number of piperazine rings is 1. The predicted molar refractivity (Wildman–Crippen MR) is 129 cm³/mol. The molecular weight excluding hydrogens is 408 g/mol. The van der Waals surface area contributed by atoms with Crippen LogP contribution in [0.2, 0.25) is 0 Å². The average molecular weight is 439 g/mol. The SMILES string of the molecule is Cc1ccc2c(N3CCN(CCc4cccc(N(C)S(C)(=O)=O)c4)CC3)cccc2n1. The van der Waals surface area contributed by atoms with E-state index < -0.39 is 10.0 Å². The molecule has 6 nitrogen and oxygen atoms in total. The van der Waals surface area contributed by atoms with Crippen LogP contribution in [0.25, 0.3) is 10.9 Å². The fourth-order valence-electron chi connectivity index (χ4n) is 4.12. The first kappa shape index (κ1) is 21.6. The van der Waals surface area contributed by atoms with E-state index in [2.05, 4.69) is 51.2 Å². The van der Waals surface area contributed by atoms with Crippen molar-refractivity contribution in [1.29, 1.82) is 0 Å². The first-order chi connectivity index (χ1) is 14.8. The number of sulfonamides is 1. The molecule has 164 valence electrons.